The van der Waals surface area contributed by atoms with E-state index in [0.717, 1.165) is 44.7 Å². The lowest BCUT2D eigenvalue weighted by Crippen LogP contribution is -2.46. The lowest BCUT2D eigenvalue weighted by Gasteiger charge is -2.23. The Labute approximate surface area is 178 Å². The van der Waals surface area contributed by atoms with E-state index in [1.165, 1.54) is 11.1 Å². The zero-order valence-corrected chi connectivity index (χ0v) is 18.2. The topological polar surface area (TPSA) is 74.5 Å². The Hall–Kier alpha value is -1.61. The molecule has 0 unspecified atom stereocenters. The summed E-state index contributed by atoms with van der Waals surface area (Å²) in [5, 5.41) is 21.4. The molecule has 0 spiro atoms. The van der Waals surface area contributed by atoms with Gasteiger partial charge in [0.25, 0.3) is 0 Å². The van der Waals surface area contributed by atoms with E-state index in [9.17, 15) is 5.11 Å². The first-order chi connectivity index (χ1) is 12.7. The Morgan fingerprint density at radius 3 is 2.59 bits per heavy atom. The molecule has 0 bridgehead atoms. The Morgan fingerprint density at radius 1 is 1.19 bits per heavy atom. The number of benzene rings is 1. The van der Waals surface area contributed by atoms with Crippen LogP contribution in [0.25, 0.3) is 0 Å². The van der Waals surface area contributed by atoms with E-state index < -0.39 is 5.60 Å². The quantitative estimate of drug-likeness (QED) is 0.322. The molecule has 0 saturated heterocycles. The van der Waals surface area contributed by atoms with Crippen molar-refractivity contribution in [2.24, 2.45) is 4.99 Å². The number of aromatic nitrogens is 2. The van der Waals surface area contributed by atoms with Crippen LogP contribution in [0, 0.1) is 0 Å². The minimum Gasteiger partial charge on any atom is -0.388 e. The summed E-state index contributed by atoms with van der Waals surface area (Å²) in [5.74, 6) is 0.752. The van der Waals surface area contributed by atoms with Gasteiger partial charge >= 0.3 is 0 Å². The number of halogens is 1. The minimum absolute atomic E-state index is 0. The maximum atomic E-state index is 10.5. The molecule has 7 heteroatoms. The fourth-order valence-corrected chi connectivity index (χ4v) is 3.40. The summed E-state index contributed by atoms with van der Waals surface area (Å²) >= 11 is 0. The number of rotatable bonds is 7. The van der Waals surface area contributed by atoms with Gasteiger partial charge in [0.15, 0.2) is 5.96 Å². The molecule has 0 atom stereocenters. The number of aliphatic imine (C=N–C) groups is 1. The van der Waals surface area contributed by atoms with E-state index in [1.54, 1.807) is 6.20 Å². The largest absolute Gasteiger partial charge is 0.388 e. The highest BCUT2D eigenvalue weighted by Crippen LogP contribution is 2.28. The zero-order valence-electron chi connectivity index (χ0n) is 15.9. The number of nitrogens with one attached hydrogen (secondary N) is 2. The first kappa shape index (κ1) is 21.7. The summed E-state index contributed by atoms with van der Waals surface area (Å²) in [6.07, 6.45) is 7.70. The van der Waals surface area contributed by atoms with Crippen LogP contribution < -0.4 is 10.6 Å². The summed E-state index contributed by atoms with van der Waals surface area (Å²) in [6, 6.07) is 10.2. The summed E-state index contributed by atoms with van der Waals surface area (Å²) in [4.78, 5) is 4.72. The molecule has 0 aliphatic heterocycles. The molecule has 27 heavy (non-hydrogen) atoms. The van der Waals surface area contributed by atoms with E-state index >= 15 is 0 Å². The molecule has 1 aliphatic carbocycles. The van der Waals surface area contributed by atoms with Crippen LogP contribution in [0.4, 0.5) is 0 Å². The lowest BCUT2D eigenvalue weighted by atomic mass is 10.0. The first-order valence-corrected chi connectivity index (χ1v) is 9.47. The second kappa shape index (κ2) is 10.7. The second-order valence-corrected chi connectivity index (χ2v) is 6.95. The molecule has 3 rings (SSSR count). The molecular weight excluding hydrogens is 453 g/mol. The van der Waals surface area contributed by atoms with Crippen LogP contribution in [0.15, 0.2) is 47.7 Å². The fourth-order valence-electron chi connectivity index (χ4n) is 3.40. The molecule has 1 aliphatic rings. The maximum Gasteiger partial charge on any atom is 0.191 e. The minimum atomic E-state index is -0.589. The SMILES string of the molecule is CCNC(=NCc1ccccc1Cn1cccn1)NCC1(O)CCCC1.I. The highest BCUT2D eigenvalue weighted by molar-refractivity contribution is 14.0. The number of nitrogens with zero attached hydrogens (tertiary/aromatic N) is 3. The Kier molecular flexibility index (Phi) is 8.56. The van der Waals surface area contributed by atoms with Gasteiger partial charge in [-0.3, -0.25) is 4.68 Å². The third-order valence-electron chi connectivity index (χ3n) is 4.88. The van der Waals surface area contributed by atoms with Crippen molar-refractivity contribution in [2.45, 2.75) is 51.3 Å². The molecule has 0 radical (unpaired) electrons. The monoisotopic (exact) mass is 483 g/mol. The van der Waals surface area contributed by atoms with Crippen molar-refractivity contribution in [1.82, 2.24) is 20.4 Å². The van der Waals surface area contributed by atoms with Crippen molar-refractivity contribution in [2.75, 3.05) is 13.1 Å². The molecule has 1 saturated carbocycles. The van der Waals surface area contributed by atoms with Crippen LogP contribution in [-0.2, 0) is 13.1 Å². The molecule has 2 aromatic rings. The molecule has 1 heterocycles. The average Bonchev–Trinajstić information content (AvgIpc) is 3.31. The Morgan fingerprint density at radius 2 is 1.93 bits per heavy atom. The second-order valence-electron chi connectivity index (χ2n) is 6.95. The van der Waals surface area contributed by atoms with Crippen molar-refractivity contribution < 1.29 is 5.11 Å². The predicted octanol–water partition coefficient (Wildman–Crippen LogP) is 2.91. The van der Waals surface area contributed by atoms with Gasteiger partial charge in [-0.2, -0.15) is 5.10 Å². The van der Waals surface area contributed by atoms with Gasteiger partial charge < -0.3 is 15.7 Å². The summed E-state index contributed by atoms with van der Waals surface area (Å²) < 4.78 is 1.92. The smallest absolute Gasteiger partial charge is 0.191 e. The zero-order chi connectivity index (χ0) is 18.2. The number of aliphatic hydroxyl groups is 1. The van der Waals surface area contributed by atoms with Crippen molar-refractivity contribution in [3.05, 3.63) is 53.9 Å². The van der Waals surface area contributed by atoms with Crippen molar-refractivity contribution in [1.29, 1.82) is 0 Å². The van der Waals surface area contributed by atoms with E-state index in [0.29, 0.717) is 13.1 Å². The summed E-state index contributed by atoms with van der Waals surface area (Å²) in [5.41, 5.74) is 1.80. The molecule has 1 aromatic heterocycles. The van der Waals surface area contributed by atoms with Crippen LogP contribution in [-0.4, -0.2) is 39.5 Å². The van der Waals surface area contributed by atoms with Crippen LogP contribution in [0.1, 0.15) is 43.7 Å². The van der Waals surface area contributed by atoms with Crippen molar-refractivity contribution >= 4 is 29.9 Å². The van der Waals surface area contributed by atoms with E-state index in [-0.39, 0.29) is 24.0 Å². The van der Waals surface area contributed by atoms with E-state index in [2.05, 4.69) is 27.9 Å². The van der Waals surface area contributed by atoms with Gasteiger partial charge in [0.1, 0.15) is 0 Å². The number of guanidine groups is 1. The van der Waals surface area contributed by atoms with Crippen LogP contribution in [0.3, 0.4) is 0 Å². The van der Waals surface area contributed by atoms with Gasteiger partial charge in [0, 0.05) is 25.5 Å². The fraction of sp³-hybridized carbons (Fsp3) is 0.500. The standard InChI is InChI=1S/C20H29N5O.HI/c1-2-21-19(23-16-20(26)10-5-6-11-20)22-14-17-8-3-4-9-18(17)15-25-13-7-12-24-25;/h3-4,7-9,12-13,26H,2,5-6,10-11,14-16H2,1H3,(H2,21,22,23);1H. The first-order valence-electron chi connectivity index (χ1n) is 9.47. The van der Waals surface area contributed by atoms with Crippen LogP contribution in [0.2, 0.25) is 0 Å². The maximum absolute atomic E-state index is 10.5. The van der Waals surface area contributed by atoms with Gasteiger partial charge in [-0.15, -0.1) is 24.0 Å². The van der Waals surface area contributed by atoms with E-state index in [1.807, 2.05) is 36.0 Å². The van der Waals surface area contributed by atoms with Gasteiger partial charge in [-0.1, -0.05) is 37.1 Å². The number of hydrogen-bond acceptors (Lipinski definition) is 3. The Bertz CT molecular complexity index is 711. The summed E-state index contributed by atoms with van der Waals surface area (Å²) in [7, 11) is 0. The average molecular weight is 483 g/mol. The molecule has 1 fully saturated rings. The van der Waals surface area contributed by atoms with Gasteiger partial charge in [0.2, 0.25) is 0 Å². The molecular formula is C20H30IN5O. The highest BCUT2D eigenvalue weighted by Gasteiger charge is 2.30. The van der Waals surface area contributed by atoms with Crippen molar-refractivity contribution in [3.8, 4) is 0 Å². The molecule has 0 amide bonds. The van der Waals surface area contributed by atoms with E-state index in [4.69, 9.17) is 4.99 Å². The lowest BCUT2D eigenvalue weighted by molar-refractivity contribution is 0.0522. The highest BCUT2D eigenvalue weighted by atomic mass is 127. The summed E-state index contributed by atoms with van der Waals surface area (Å²) in [6.45, 7) is 4.72. The van der Waals surface area contributed by atoms with Gasteiger partial charge in [-0.05, 0) is 37.0 Å². The molecule has 148 valence electrons. The van der Waals surface area contributed by atoms with Crippen LogP contribution in [0.5, 0.6) is 0 Å². The van der Waals surface area contributed by atoms with Crippen molar-refractivity contribution in [3.63, 3.8) is 0 Å². The molecule has 1 aromatic carbocycles. The Balaban J connectivity index is 0.00000261. The predicted molar refractivity (Wildman–Crippen MR) is 119 cm³/mol. The van der Waals surface area contributed by atoms with Crippen LogP contribution >= 0.6 is 24.0 Å². The third kappa shape index (κ3) is 6.49. The normalized spacial score (nSPS) is 16.0. The third-order valence-corrected chi connectivity index (χ3v) is 4.88. The van der Waals surface area contributed by atoms with Gasteiger partial charge in [0.05, 0.1) is 18.7 Å². The number of hydrogen-bond donors (Lipinski definition) is 3. The molecule has 6 nitrogen and oxygen atoms in total. The van der Waals surface area contributed by atoms with Gasteiger partial charge in [-0.25, -0.2) is 4.99 Å². The molecule has 3 N–H and O–H groups in total.